The van der Waals surface area contributed by atoms with E-state index < -0.39 is 0 Å². The van der Waals surface area contributed by atoms with Crippen molar-refractivity contribution in [2.24, 2.45) is 5.10 Å². The summed E-state index contributed by atoms with van der Waals surface area (Å²) < 4.78 is 1.57. The second-order valence-electron chi connectivity index (χ2n) is 5.70. The molecule has 0 aliphatic rings. The Hall–Kier alpha value is -2.94. The lowest BCUT2D eigenvalue weighted by atomic mass is 10.1. The van der Waals surface area contributed by atoms with Crippen molar-refractivity contribution in [2.45, 2.75) is 19.3 Å². The van der Waals surface area contributed by atoms with Crippen LogP contribution in [-0.4, -0.2) is 5.90 Å². The van der Waals surface area contributed by atoms with Gasteiger partial charge in [0.25, 0.3) is 0 Å². The van der Waals surface area contributed by atoms with Gasteiger partial charge in [-0.05, 0) is 41.1 Å². The van der Waals surface area contributed by atoms with Gasteiger partial charge in [0, 0.05) is 12.1 Å². The van der Waals surface area contributed by atoms with Gasteiger partial charge in [0.15, 0.2) is 0 Å². The molecule has 3 aromatic rings. The molecule has 0 N–H and O–H groups in total. The van der Waals surface area contributed by atoms with Gasteiger partial charge in [-0.2, -0.15) is 0 Å². The third kappa shape index (κ3) is 4.53. The van der Waals surface area contributed by atoms with Crippen molar-refractivity contribution in [1.29, 1.82) is 0 Å². The van der Waals surface area contributed by atoms with Crippen LogP contribution in [0.4, 0.5) is 0 Å². The van der Waals surface area contributed by atoms with E-state index >= 15 is 0 Å². The molecule has 1 aromatic heterocycles. The number of benzene rings is 2. The first-order valence-electron chi connectivity index (χ1n) is 8.17. The van der Waals surface area contributed by atoms with Crippen LogP contribution in [0, 0.1) is 0 Å². The predicted molar refractivity (Wildman–Crippen MR) is 93.5 cm³/mol. The molecule has 0 atom stereocenters. The molecule has 0 aliphatic heterocycles. The van der Waals surface area contributed by atoms with E-state index in [0.29, 0.717) is 5.56 Å². The highest BCUT2D eigenvalue weighted by Gasteiger charge is 2.01. The Morgan fingerprint density at radius 2 is 1.29 bits per heavy atom. The zero-order chi connectivity index (χ0) is 16.6. The number of rotatable bonds is 6. The van der Waals surface area contributed by atoms with E-state index in [2.05, 4.69) is 29.4 Å². The van der Waals surface area contributed by atoms with E-state index in [-0.39, 0.29) is 5.90 Å². The Labute approximate surface area is 142 Å². The maximum absolute atomic E-state index is 12.0. The van der Waals surface area contributed by atoms with E-state index in [1.165, 1.54) is 11.1 Å². The third-order valence-corrected chi connectivity index (χ3v) is 3.88. The van der Waals surface area contributed by atoms with Gasteiger partial charge in [-0.25, -0.2) is 0 Å². The van der Waals surface area contributed by atoms with E-state index in [1.807, 2.05) is 48.8 Å². The first kappa shape index (κ1) is 15.9. The van der Waals surface area contributed by atoms with Gasteiger partial charge in [-0.3, -0.25) is 0 Å². The third-order valence-electron chi connectivity index (χ3n) is 3.88. The summed E-state index contributed by atoms with van der Waals surface area (Å²) in [6.07, 6.45) is 6.86. The van der Waals surface area contributed by atoms with Crippen LogP contribution in [0.3, 0.4) is 0 Å². The lowest BCUT2D eigenvalue weighted by Crippen LogP contribution is -2.33. The van der Waals surface area contributed by atoms with Crippen molar-refractivity contribution in [3.8, 4) is 0 Å². The minimum absolute atomic E-state index is 0.238. The Morgan fingerprint density at radius 1 is 0.750 bits per heavy atom. The lowest BCUT2D eigenvalue weighted by Gasteiger charge is -2.06. The van der Waals surface area contributed by atoms with Gasteiger partial charge in [-0.1, -0.05) is 65.3 Å². The molecule has 1 heterocycles. The highest BCUT2D eigenvalue weighted by molar-refractivity contribution is 5.89. The quantitative estimate of drug-likeness (QED) is 0.391. The molecule has 0 fully saturated rings. The summed E-state index contributed by atoms with van der Waals surface area (Å²) >= 11 is 0. The Kier molecular flexibility index (Phi) is 5.36. The molecule has 3 rings (SSSR count). The first-order chi connectivity index (χ1) is 11.8. The second kappa shape index (κ2) is 8.06. The molecular weight excluding hydrogens is 296 g/mol. The van der Waals surface area contributed by atoms with Crippen LogP contribution in [0.1, 0.15) is 23.1 Å². The lowest BCUT2D eigenvalue weighted by molar-refractivity contribution is -0.681. The van der Waals surface area contributed by atoms with Gasteiger partial charge in [0.2, 0.25) is 12.4 Å². The van der Waals surface area contributed by atoms with Crippen LogP contribution < -0.4 is 9.78 Å². The van der Waals surface area contributed by atoms with Crippen molar-refractivity contribution in [2.75, 3.05) is 0 Å². The minimum Gasteiger partial charge on any atom is -0.854 e. The van der Waals surface area contributed by atoms with Crippen LogP contribution in [0.15, 0.2) is 90.3 Å². The van der Waals surface area contributed by atoms with Crippen molar-refractivity contribution in [3.63, 3.8) is 0 Å². The molecule has 24 heavy (non-hydrogen) atoms. The predicted octanol–water partition coefficient (Wildman–Crippen LogP) is 2.72. The Morgan fingerprint density at radius 3 is 1.92 bits per heavy atom. The van der Waals surface area contributed by atoms with E-state index in [9.17, 15) is 5.11 Å². The molecule has 0 amide bonds. The monoisotopic (exact) mass is 316 g/mol. The van der Waals surface area contributed by atoms with Crippen LogP contribution in [0.25, 0.3) is 0 Å². The summed E-state index contributed by atoms with van der Waals surface area (Å²) in [7, 11) is 0. The number of aromatic nitrogens is 1. The van der Waals surface area contributed by atoms with Crippen LogP contribution in [0.2, 0.25) is 0 Å². The molecule has 0 spiro atoms. The SMILES string of the molecule is [O-]/C(=N\[n+]1ccc(CCCc2ccccc2)cc1)c1ccccc1. The van der Waals surface area contributed by atoms with Crippen LogP contribution >= 0.6 is 0 Å². The first-order valence-corrected chi connectivity index (χ1v) is 8.17. The average molecular weight is 316 g/mol. The maximum atomic E-state index is 12.0. The maximum Gasteiger partial charge on any atom is 0.202 e. The number of hydrogen-bond donors (Lipinski definition) is 0. The largest absolute Gasteiger partial charge is 0.854 e. The molecule has 3 nitrogen and oxygen atoms in total. The Balaban J connectivity index is 1.57. The fourth-order valence-corrected chi connectivity index (χ4v) is 2.57. The van der Waals surface area contributed by atoms with Gasteiger partial charge in [-0.15, -0.1) is 0 Å². The number of pyridine rings is 1. The van der Waals surface area contributed by atoms with Crippen LogP contribution in [-0.2, 0) is 12.8 Å². The summed E-state index contributed by atoms with van der Waals surface area (Å²) in [5.74, 6) is -0.238. The summed E-state index contributed by atoms with van der Waals surface area (Å²) in [6, 6.07) is 23.6. The van der Waals surface area contributed by atoms with E-state index in [1.54, 1.807) is 16.8 Å². The molecule has 0 unspecified atom stereocenters. The van der Waals surface area contributed by atoms with Crippen molar-refractivity contribution in [1.82, 2.24) is 0 Å². The molecule has 0 radical (unpaired) electrons. The molecule has 0 saturated carbocycles. The standard InChI is InChI=1S/C21H20N2O/c24-21(20-12-5-2-6-13-20)22-23-16-14-19(15-17-23)11-7-10-18-8-3-1-4-9-18/h1-6,8-9,12-17H,7,10-11H2. The fourth-order valence-electron chi connectivity index (χ4n) is 2.57. The normalized spacial score (nSPS) is 11.4. The van der Waals surface area contributed by atoms with Gasteiger partial charge < -0.3 is 5.11 Å². The van der Waals surface area contributed by atoms with Gasteiger partial charge in [0.05, 0.1) is 5.90 Å². The summed E-state index contributed by atoms with van der Waals surface area (Å²) in [5, 5.41) is 16.1. The molecule has 0 bridgehead atoms. The van der Waals surface area contributed by atoms with E-state index in [0.717, 1.165) is 19.3 Å². The minimum atomic E-state index is -0.238. The molecular formula is C21H20N2O. The zero-order valence-electron chi connectivity index (χ0n) is 13.5. The average Bonchev–Trinajstić information content (AvgIpc) is 2.65. The van der Waals surface area contributed by atoms with Crippen molar-refractivity contribution < 1.29 is 9.78 Å². The summed E-state index contributed by atoms with van der Waals surface area (Å²) in [5.41, 5.74) is 3.22. The number of aryl methyl sites for hydroxylation is 2. The van der Waals surface area contributed by atoms with Gasteiger partial charge >= 0.3 is 0 Å². The van der Waals surface area contributed by atoms with E-state index in [4.69, 9.17) is 0 Å². The Bertz CT molecular complexity index is 781. The topological polar surface area (TPSA) is 39.3 Å². The molecule has 0 saturated heterocycles. The summed E-state index contributed by atoms with van der Waals surface area (Å²) in [4.78, 5) is 0. The highest BCUT2D eigenvalue weighted by atomic mass is 16.3. The zero-order valence-corrected chi connectivity index (χ0v) is 13.5. The molecule has 2 aromatic carbocycles. The number of hydrogen-bond acceptors (Lipinski definition) is 2. The summed E-state index contributed by atoms with van der Waals surface area (Å²) in [6.45, 7) is 0. The van der Waals surface area contributed by atoms with Crippen molar-refractivity contribution in [3.05, 3.63) is 102 Å². The van der Waals surface area contributed by atoms with Crippen molar-refractivity contribution >= 4 is 5.90 Å². The second-order valence-corrected chi connectivity index (χ2v) is 5.70. The fraction of sp³-hybridized carbons (Fsp3) is 0.143. The van der Waals surface area contributed by atoms with Gasteiger partial charge in [0.1, 0.15) is 0 Å². The molecule has 120 valence electrons. The highest BCUT2D eigenvalue weighted by Crippen LogP contribution is 2.07. The number of nitrogens with zero attached hydrogens (tertiary/aromatic N) is 2. The van der Waals surface area contributed by atoms with Crippen LogP contribution in [0.5, 0.6) is 0 Å². The smallest absolute Gasteiger partial charge is 0.202 e. The molecule has 3 heteroatoms. The molecule has 0 aliphatic carbocycles.